The van der Waals surface area contributed by atoms with Crippen LogP contribution in [0.4, 0.5) is 11.4 Å². The van der Waals surface area contributed by atoms with Gasteiger partial charge in [-0.15, -0.1) is 13.2 Å². The van der Waals surface area contributed by atoms with Crippen molar-refractivity contribution in [2.45, 2.75) is 55.8 Å². The van der Waals surface area contributed by atoms with E-state index >= 15 is 0 Å². The first-order chi connectivity index (χ1) is 22.1. The molecule has 2 bridgehead atoms. The Morgan fingerprint density at radius 3 is 2.37 bits per heavy atom. The lowest BCUT2D eigenvalue weighted by Gasteiger charge is -2.40. The van der Waals surface area contributed by atoms with Crippen molar-refractivity contribution < 1.29 is 29.0 Å². The number of amides is 3. The van der Waals surface area contributed by atoms with Crippen molar-refractivity contribution in [3.8, 4) is 5.75 Å². The van der Waals surface area contributed by atoms with Gasteiger partial charge in [0.1, 0.15) is 17.4 Å². The fourth-order valence-electron chi connectivity index (χ4n) is 7.38. The molecule has 3 amide bonds. The number of carbonyl (C=O) groups is 3. The maximum Gasteiger partial charge on any atom is 0.253 e. The zero-order valence-electron chi connectivity index (χ0n) is 26.4. The lowest BCUT2D eigenvalue weighted by molar-refractivity contribution is -0.145. The van der Waals surface area contributed by atoms with Gasteiger partial charge in [-0.3, -0.25) is 14.4 Å². The number of ether oxygens (including phenoxy) is 2. The molecule has 0 aliphatic carbocycles. The Morgan fingerprint density at radius 2 is 1.78 bits per heavy atom. The summed E-state index contributed by atoms with van der Waals surface area (Å²) in [4.78, 5) is 48.5. The van der Waals surface area contributed by atoms with E-state index in [1.54, 1.807) is 65.6 Å². The van der Waals surface area contributed by atoms with Crippen LogP contribution in [0.5, 0.6) is 5.75 Å². The summed E-state index contributed by atoms with van der Waals surface area (Å²) in [6, 6.07) is 12.4. The molecule has 3 saturated heterocycles. The zero-order valence-corrected chi connectivity index (χ0v) is 28.7. The summed E-state index contributed by atoms with van der Waals surface area (Å²) in [5, 5.41) is 11.0. The first kappa shape index (κ1) is 34.2. The van der Waals surface area contributed by atoms with E-state index in [4.69, 9.17) is 21.1 Å². The van der Waals surface area contributed by atoms with Crippen molar-refractivity contribution in [1.29, 1.82) is 0 Å². The van der Waals surface area contributed by atoms with Crippen LogP contribution in [0.15, 0.2) is 73.8 Å². The molecule has 46 heavy (non-hydrogen) atoms. The van der Waals surface area contributed by atoms with Crippen molar-refractivity contribution in [3.05, 3.63) is 78.9 Å². The van der Waals surface area contributed by atoms with E-state index in [9.17, 15) is 19.5 Å². The van der Waals surface area contributed by atoms with E-state index < -0.39 is 41.5 Å². The molecule has 0 aromatic heterocycles. The lowest BCUT2D eigenvalue weighted by Crippen LogP contribution is -2.60. The minimum atomic E-state index is -1.32. The molecule has 3 heterocycles. The van der Waals surface area contributed by atoms with Crippen LogP contribution in [-0.2, 0) is 19.1 Å². The number of nitrogens with zero attached hydrogens (tertiary/aromatic N) is 3. The Labute approximate surface area is 283 Å². The van der Waals surface area contributed by atoms with Crippen molar-refractivity contribution in [2.75, 3.05) is 36.1 Å². The normalized spacial score (nSPS) is 27.0. The molecule has 3 fully saturated rings. The monoisotopic (exact) mass is 713 g/mol. The maximum atomic E-state index is 14.9. The number of aliphatic hydroxyl groups is 1. The highest BCUT2D eigenvalue weighted by Crippen LogP contribution is 2.61. The van der Waals surface area contributed by atoms with Crippen molar-refractivity contribution in [3.63, 3.8) is 0 Å². The molecule has 5 rings (SSSR count). The third-order valence-corrected chi connectivity index (χ3v) is 10.5. The second-order valence-corrected chi connectivity index (χ2v) is 13.8. The minimum Gasteiger partial charge on any atom is -0.494 e. The first-order valence-electron chi connectivity index (χ1n) is 15.6. The molecule has 9 nitrogen and oxygen atoms in total. The van der Waals surface area contributed by atoms with E-state index in [-0.39, 0.29) is 42.3 Å². The van der Waals surface area contributed by atoms with Gasteiger partial charge in [0.2, 0.25) is 11.8 Å². The highest BCUT2D eigenvalue weighted by atomic mass is 79.9. The topological polar surface area (TPSA) is 99.6 Å². The Bertz CT molecular complexity index is 1490. The molecular formula is C35H41BrClN3O6. The third kappa shape index (κ3) is 5.67. The van der Waals surface area contributed by atoms with Gasteiger partial charge in [-0.1, -0.05) is 65.7 Å². The average molecular weight is 715 g/mol. The molecule has 246 valence electrons. The van der Waals surface area contributed by atoms with Crippen LogP contribution in [0.25, 0.3) is 0 Å². The van der Waals surface area contributed by atoms with E-state index in [1.165, 1.54) is 9.80 Å². The van der Waals surface area contributed by atoms with Crippen LogP contribution < -0.4 is 14.5 Å². The summed E-state index contributed by atoms with van der Waals surface area (Å²) in [6.07, 6.45) is 2.90. The molecule has 0 saturated carbocycles. The largest absolute Gasteiger partial charge is 0.494 e. The van der Waals surface area contributed by atoms with E-state index in [0.29, 0.717) is 35.2 Å². The number of rotatable bonds is 13. The number of alkyl halides is 1. The SMILES string of the molecule is C=CCN(C(=O)[C@H]1[C@@H]2OC3(CC2Br)C(C(=O)N(CC=C)c2ccccc2Cl)N([C@@H](CO)C(C)C)C(=O)[C@H]13)c1ccc(OCC)cc1. The van der Waals surface area contributed by atoms with Crippen molar-refractivity contribution in [1.82, 2.24) is 4.90 Å². The number of aliphatic hydroxyl groups excluding tert-OH is 1. The first-order valence-corrected chi connectivity index (χ1v) is 16.9. The van der Waals surface area contributed by atoms with Crippen LogP contribution in [-0.4, -0.2) is 82.6 Å². The van der Waals surface area contributed by atoms with Gasteiger partial charge in [-0.2, -0.15) is 0 Å². The van der Waals surface area contributed by atoms with E-state index in [0.717, 1.165) is 0 Å². The number of anilines is 2. The van der Waals surface area contributed by atoms with Crippen LogP contribution in [0.2, 0.25) is 5.02 Å². The fourth-order valence-corrected chi connectivity index (χ4v) is 8.56. The van der Waals surface area contributed by atoms with Gasteiger partial charge in [-0.25, -0.2) is 0 Å². The van der Waals surface area contributed by atoms with Gasteiger partial charge in [0.15, 0.2) is 0 Å². The Morgan fingerprint density at radius 1 is 1.13 bits per heavy atom. The predicted molar refractivity (Wildman–Crippen MR) is 182 cm³/mol. The van der Waals surface area contributed by atoms with Crippen LogP contribution in [0.3, 0.4) is 0 Å². The molecule has 3 unspecified atom stereocenters. The maximum absolute atomic E-state index is 14.9. The van der Waals surface area contributed by atoms with Gasteiger partial charge < -0.3 is 29.3 Å². The van der Waals surface area contributed by atoms with Gasteiger partial charge in [-0.05, 0) is 55.7 Å². The number of hydrogen-bond donors (Lipinski definition) is 1. The van der Waals surface area contributed by atoms with Gasteiger partial charge >= 0.3 is 0 Å². The fraction of sp³-hybridized carbons (Fsp3) is 0.457. The van der Waals surface area contributed by atoms with Crippen molar-refractivity contribution in [2.24, 2.45) is 17.8 Å². The van der Waals surface area contributed by atoms with Crippen LogP contribution >= 0.6 is 27.5 Å². The van der Waals surface area contributed by atoms with Gasteiger partial charge in [0.05, 0.1) is 47.9 Å². The van der Waals surface area contributed by atoms with Gasteiger partial charge in [0.25, 0.3) is 5.91 Å². The highest BCUT2D eigenvalue weighted by molar-refractivity contribution is 9.09. The second kappa shape index (κ2) is 13.9. The predicted octanol–water partition coefficient (Wildman–Crippen LogP) is 5.24. The highest BCUT2D eigenvalue weighted by Gasteiger charge is 2.77. The summed E-state index contributed by atoms with van der Waals surface area (Å²) in [6.45, 7) is 13.9. The standard InChI is InChI=1S/C35H41BrClN3O6/c1-6-17-38(22-13-15-23(16-14-22)45-8-3)32(42)28-29-33(43)40(27(20-41)21(4)5)31(35(29)19-24(36)30(28)46-35)34(44)39(18-7-2)26-12-10-9-11-25(26)37/h6-7,9-16,21,24,27-31,41H,1-2,8,17-20H2,3-5H3/t24?,27-,28+,29-,30+,31?,35?/m0/s1. The zero-order chi connectivity index (χ0) is 33.3. The second-order valence-electron chi connectivity index (χ2n) is 12.3. The van der Waals surface area contributed by atoms with E-state index in [2.05, 4.69) is 29.1 Å². The smallest absolute Gasteiger partial charge is 0.253 e. The molecule has 3 aliphatic rings. The molecule has 2 aromatic carbocycles. The van der Waals surface area contributed by atoms with Crippen molar-refractivity contribution >= 4 is 56.6 Å². The number of fused-ring (bicyclic) bond motifs is 1. The van der Waals surface area contributed by atoms with Gasteiger partial charge in [0, 0.05) is 23.6 Å². The number of halogens is 2. The molecule has 2 aromatic rings. The molecule has 1 spiro atoms. The lowest BCUT2D eigenvalue weighted by atomic mass is 9.70. The summed E-state index contributed by atoms with van der Waals surface area (Å²) in [5.41, 5.74) is -0.234. The van der Waals surface area contributed by atoms with Crippen LogP contribution in [0, 0.1) is 17.8 Å². The molecule has 1 N–H and O–H groups in total. The number of carbonyl (C=O) groups excluding carboxylic acids is 3. The number of para-hydroxylation sites is 1. The minimum absolute atomic E-state index is 0.127. The number of likely N-dealkylation sites (tertiary alicyclic amines) is 1. The Kier molecular flexibility index (Phi) is 10.3. The third-order valence-electron chi connectivity index (χ3n) is 9.32. The Hall–Kier alpha value is -3.18. The summed E-state index contributed by atoms with van der Waals surface area (Å²) in [7, 11) is 0. The quantitative estimate of drug-likeness (QED) is 0.225. The summed E-state index contributed by atoms with van der Waals surface area (Å²) in [5.74, 6) is -2.45. The summed E-state index contributed by atoms with van der Waals surface area (Å²) >= 11 is 10.3. The average Bonchev–Trinajstić information content (AvgIpc) is 3.63. The Balaban J connectivity index is 1.62. The summed E-state index contributed by atoms with van der Waals surface area (Å²) < 4.78 is 12.3. The molecule has 7 atom stereocenters. The number of hydrogen-bond acceptors (Lipinski definition) is 6. The molecule has 11 heteroatoms. The molecule has 0 radical (unpaired) electrons. The molecular weight excluding hydrogens is 674 g/mol. The van der Waals surface area contributed by atoms with E-state index in [1.807, 2.05) is 20.8 Å². The molecule has 3 aliphatic heterocycles. The van der Waals surface area contributed by atoms with Crippen LogP contribution in [0.1, 0.15) is 27.2 Å². The number of benzene rings is 2.